The first-order valence-electron chi connectivity index (χ1n) is 10.1. The predicted molar refractivity (Wildman–Crippen MR) is 118 cm³/mol. The van der Waals surface area contributed by atoms with Crippen LogP contribution in [0.1, 0.15) is 40.8 Å². The smallest absolute Gasteiger partial charge is 0.358 e. The number of rotatable bonds is 8. The largest absolute Gasteiger partial charge is 0.416 e. The molecule has 0 aliphatic carbocycles. The van der Waals surface area contributed by atoms with Crippen LogP contribution in [-0.2, 0) is 11.0 Å². The third-order valence-electron chi connectivity index (χ3n) is 5.16. The lowest BCUT2D eigenvalue weighted by molar-refractivity contribution is -0.137. The minimum atomic E-state index is -4.40. The minimum absolute atomic E-state index is 0.178. The molecule has 4 nitrogen and oxygen atoms in total. The SMILES string of the molecule is CNC(=O)[C@H](NCC[C@@H](c1ccc(C(F)(F)F)cc1)c1cccc(Cl)n1)c1ccccc1. The highest BCUT2D eigenvalue weighted by atomic mass is 35.5. The molecule has 32 heavy (non-hydrogen) atoms. The van der Waals surface area contributed by atoms with Crippen LogP contribution in [0.25, 0.3) is 0 Å². The molecular formula is C24H23ClF3N3O. The Hall–Kier alpha value is -2.90. The summed E-state index contributed by atoms with van der Waals surface area (Å²) in [6, 6.07) is 19.0. The highest BCUT2D eigenvalue weighted by Gasteiger charge is 2.30. The van der Waals surface area contributed by atoms with Gasteiger partial charge in [-0.25, -0.2) is 4.98 Å². The molecule has 1 heterocycles. The van der Waals surface area contributed by atoms with Crippen LogP contribution in [0.2, 0.25) is 5.15 Å². The van der Waals surface area contributed by atoms with Crippen LogP contribution >= 0.6 is 11.6 Å². The lowest BCUT2D eigenvalue weighted by Crippen LogP contribution is -2.36. The molecular weight excluding hydrogens is 439 g/mol. The summed E-state index contributed by atoms with van der Waals surface area (Å²) in [4.78, 5) is 16.8. The Morgan fingerprint density at radius 1 is 0.969 bits per heavy atom. The number of hydrogen-bond donors (Lipinski definition) is 2. The van der Waals surface area contributed by atoms with Crippen molar-refractivity contribution in [3.63, 3.8) is 0 Å². The Labute approximate surface area is 189 Å². The number of pyridine rings is 1. The van der Waals surface area contributed by atoms with E-state index in [1.165, 1.54) is 12.1 Å². The number of carbonyl (C=O) groups excluding carboxylic acids is 1. The molecule has 2 atom stereocenters. The average molecular weight is 462 g/mol. The van der Waals surface area contributed by atoms with Gasteiger partial charge in [0.15, 0.2) is 0 Å². The van der Waals surface area contributed by atoms with Gasteiger partial charge in [-0.15, -0.1) is 0 Å². The van der Waals surface area contributed by atoms with E-state index in [1.807, 2.05) is 30.3 Å². The second kappa shape index (κ2) is 10.6. The van der Waals surface area contributed by atoms with Crippen molar-refractivity contribution in [2.45, 2.75) is 24.6 Å². The molecule has 0 fully saturated rings. The maximum absolute atomic E-state index is 13.0. The fraction of sp³-hybridized carbons (Fsp3) is 0.250. The summed E-state index contributed by atoms with van der Waals surface area (Å²) in [5.41, 5.74) is 1.45. The van der Waals surface area contributed by atoms with Gasteiger partial charge in [-0.2, -0.15) is 13.2 Å². The Morgan fingerprint density at radius 3 is 2.25 bits per heavy atom. The zero-order valence-electron chi connectivity index (χ0n) is 17.4. The van der Waals surface area contributed by atoms with Crippen LogP contribution in [0.3, 0.4) is 0 Å². The third-order valence-corrected chi connectivity index (χ3v) is 5.37. The number of nitrogens with one attached hydrogen (secondary N) is 2. The van der Waals surface area contributed by atoms with Crippen molar-refractivity contribution in [2.24, 2.45) is 0 Å². The van der Waals surface area contributed by atoms with Gasteiger partial charge in [0.25, 0.3) is 0 Å². The number of hydrogen-bond acceptors (Lipinski definition) is 3. The van der Waals surface area contributed by atoms with Crippen molar-refractivity contribution < 1.29 is 18.0 Å². The van der Waals surface area contributed by atoms with Crippen LogP contribution in [0.5, 0.6) is 0 Å². The lowest BCUT2D eigenvalue weighted by Gasteiger charge is -2.22. The molecule has 3 aromatic rings. The number of carbonyl (C=O) groups is 1. The van der Waals surface area contributed by atoms with E-state index in [1.54, 1.807) is 25.2 Å². The Morgan fingerprint density at radius 2 is 1.66 bits per heavy atom. The van der Waals surface area contributed by atoms with Gasteiger partial charge in [0.2, 0.25) is 5.91 Å². The van der Waals surface area contributed by atoms with Crippen LogP contribution in [0.4, 0.5) is 13.2 Å². The van der Waals surface area contributed by atoms with E-state index in [9.17, 15) is 18.0 Å². The van der Waals surface area contributed by atoms with Crippen LogP contribution in [0.15, 0.2) is 72.8 Å². The Bertz CT molecular complexity index is 1030. The van der Waals surface area contributed by atoms with E-state index < -0.39 is 17.8 Å². The maximum Gasteiger partial charge on any atom is 0.416 e. The van der Waals surface area contributed by atoms with Gasteiger partial charge >= 0.3 is 6.18 Å². The van der Waals surface area contributed by atoms with Gasteiger partial charge in [-0.05, 0) is 48.4 Å². The summed E-state index contributed by atoms with van der Waals surface area (Å²) < 4.78 is 38.9. The number of likely N-dealkylation sites (N-methyl/N-ethyl adjacent to an activating group) is 1. The molecule has 3 rings (SSSR count). The molecule has 0 radical (unpaired) electrons. The number of benzene rings is 2. The summed E-state index contributed by atoms with van der Waals surface area (Å²) in [6.45, 7) is 0.423. The van der Waals surface area contributed by atoms with Gasteiger partial charge in [-0.3, -0.25) is 4.79 Å². The molecule has 8 heteroatoms. The molecule has 2 N–H and O–H groups in total. The van der Waals surface area contributed by atoms with Gasteiger partial charge in [0, 0.05) is 18.7 Å². The Kier molecular flexibility index (Phi) is 7.88. The fourth-order valence-corrected chi connectivity index (χ4v) is 3.70. The van der Waals surface area contributed by atoms with Crippen molar-refractivity contribution in [1.82, 2.24) is 15.6 Å². The number of nitrogens with zero attached hydrogens (tertiary/aromatic N) is 1. The summed E-state index contributed by atoms with van der Waals surface area (Å²) in [6.07, 6.45) is -3.90. The first kappa shape index (κ1) is 23.8. The first-order chi connectivity index (χ1) is 15.3. The normalized spacial score (nSPS) is 13.4. The van der Waals surface area contributed by atoms with Crippen LogP contribution in [0, 0.1) is 0 Å². The van der Waals surface area contributed by atoms with Crippen molar-refractivity contribution >= 4 is 17.5 Å². The second-order valence-electron chi connectivity index (χ2n) is 7.26. The van der Waals surface area contributed by atoms with Crippen molar-refractivity contribution in [1.29, 1.82) is 0 Å². The predicted octanol–water partition coefficient (Wildman–Crippen LogP) is 5.35. The molecule has 0 spiro atoms. The third kappa shape index (κ3) is 6.08. The molecule has 1 aromatic heterocycles. The van der Waals surface area contributed by atoms with Crippen molar-refractivity contribution in [3.8, 4) is 0 Å². The highest BCUT2D eigenvalue weighted by Crippen LogP contribution is 2.33. The van der Waals surface area contributed by atoms with Gasteiger partial charge in [-0.1, -0.05) is 60.1 Å². The van der Waals surface area contributed by atoms with Gasteiger partial charge in [0.1, 0.15) is 11.2 Å². The first-order valence-corrected chi connectivity index (χ1v) is 10.5. The topological polar surface area (TPSA) is 54.0 Å². The average Bonchev–Trinajstić information content (AvgIpc) is 2.79. The summed E-state index contributed by atoms with van der Waals surface area (Å²) in [5.74, 6) is -0.479. The van der Waals surface area contributed by atoms with Gasteiger partial charge < -0.3 is 10.6 Å². The maximum atomic E-state index is 13.0. The van der Waals surface area contributed by atoms with E-state index in [0.717, 1.165) is 17.7 Å². The van der Waals surface area contributed by atoms with E-state index in [0.29, 0.717) is 29.4 Å². The second-order valence-corrected chi connectivity index (χ2v) is 7.65. The van der Waals surface area contributed by atoms with E-state index in [4.69, 9.17) is 11.6 Å². The van der Waals surface area contributed by atoms with E-state index >= 15 is 0 Å². The van der Waals surface area contributed by atoms with Crippen molar-refractivity contribution in [2.75, 3.05) is 13.6 Å². The fourth-order valence-electron chi connectivity index (χ4n) is 3.53. The summed E-state index contributed by atoms with van der Waals surface area (Å²) in [5, 5.41) is 6.21. The van der Waals surface area contributed by atoms with E-state index in [2.05, 4.69) is 15.6 Å². The Balaban J connectivity index is 1.82. The molecule has 168 valence electrons. The van der Waals surface area contributed by atoms with Crippen LogP contribution in [-0.4, -0.2) is 24.5 Å². The van der Waals surface area contributed by atoms with Crippen LogP contribution < -0.4 is 10.6 Å². The highest BCUT2D eigenvalue weighted by molar-refractivity contribution is 6.29. The van der Waals surface area contributed by atoms with Gasteiger partial charge in [0.05, 0.1) is 5.56 Å². The summed E-state index contributed by atoms with van der Waals surface area (Å²) in [7, 11) is 1.57. The quantitative estimate of drug-likeness (QED) is 0.444. The summed E-state index contributed by atoms with van der Waals surface area (Å²) >= 11 is 6.06. The number of aromatic nitrogens is 1. The molecule has 0 bridgehead atoms. The standard InChI is InChI=1S/C24H23ClF3N3O/c1-29-23(32)22(17-6-3-2-4-7-17)30-15-14-19(20-8-5-9-21(25)31-20)16-10-12-18(13-11-16)24(26,27)28/h2-13,19,22,30H,14-15H2,1H3,(H,29,32)/t19-,22+/m0/s1. The molecule has 0 aliphatic rings. The van der Waals surface area contributed by atoms with Crippen molar-refractivity contribution in [3.05, 3.63) is 100 Å². The molecule has 1 amide bonds. The lowest BCUT2D eigenvalue weighted by atomic mass is 9.91. The number of amides is 1. The minimum Gasteiger partial charge on any atom is -0.358 e. The molecule has 2 aromatic carbocycles. The zero-order valence-corrected chi connectivity index (χ0v) is 18.1. The van der Waals surface area contributed by atoms with E-state index in [-0.39, 0.29) is 11.8 Å². The number of alkyl halides is 3. The zero-order chi connectivity index (χ0) is 23.1. The molecule has 0 saturated carbocycles. The molecule has 0 unspecified atom stereocenters. The monoisotopic (exact) mass is 461 g/mol. The number of halogens is 4. The molecule has 0 saturated heterocycles. The molecule has 0 aliphatic heterocycles.